The molecular formula is C31H29N5O4. The Kier molecular flexibility index (Phi) is 6.81. The molecule has 1 aliphatic heterocycles. The van der Waals surface area contributed by atoms with Crippen molar-refractivity contribution < 1.29 is 19.5 Å². The zero-order chi connectivity index (χ0) is 28.6. The van der Waals surface area contributed by atoms with Crippen LogP contribution in [0, 0.1) is 6.92 Å². The Bertz CT molecular complexity index is 1680. The van der Waals surface area contributed by atoms with Crippen LogP contribution in [0.25, 0.3) is 0 Å². The molecule has 5 rings (SSSR count). The van der Waals surface area contributed by atoms with Crippen LogP contribution in [0.3, 0.4) is 0 Å². The van der Waals surface area contributed by atoms with Crippen LogP contribution in [0.15, 0.2) is 77.8 Å². The fraction of sp³-hybridized carbons (Fsp3) is 0.194. The van der Waals surface area contributed by atoms with Gasteiger partial charge in [-0.25, -0.2) is 0 Å². The molecular weight excluding hydrogens is 506 g/mol. The van der Waals surface area contributed by atoms with Crippen molar-refractivity contribution in [2.45, 2.75) is 39.2 Å². The number of aliphatic imine (C=N–C) groups is 1. The number of fused-ring (bicyclic) bond motifs is 1. The number of hydrogen-bond donors (Lipinski definition) is 3. The maximum atomic E-state index is 13.4. The predicted octanol–water partition coefficient (Wildman–Crippen LogP) is 5.57. The van der Waals surface area contributed by atoms with E-state index in [0.717, 1.165) is 5.69 Å². The second kappa shape index (κ2) is 10.3. The van der Waals surface area contributed by atoms with E-state index < -0.39 is 5.92 Å². The van der Waals surface area contributed by atoms with Crippen LogP contribution >= 0.6 is 0 Å². The van der Waals surface area contributed by atoms with Crippen LogP contribution in [-0.4, -0.2) is 38.7 Å². The van der Waals surface area contributed by atoms with E-state index in [2.05, 4.69) is 20.7 Å². The second-order valence-corrected chi connectivity index (χ2v) is 10.7. The van der Waals surface area contributed by atoms with E-state index in [4.69, 9.17) is 0 Å². The maximum Gasteiger partial charge on any atom is 0.273 e. The number of nitrogens with zero attached hydrogens (tertiary/aromatic N) is 3. The molecule has 4 aromatic rings. The van der Waals surface area contributed by atoms with Crippen molar-refractivity contribution in [1.29, 1.82) is 0 Å². The third kappa shape index (κ3) is 5.40. The predicted molar refractivity (Wildman–Crippen MR) is 154 cm³/mol. The summed E-state index contributed by atoms with van der Waals surface area (Å²) in [5.41, 5.74) is 3.83. The van der Waals surface area contributed by atoms with E-state index >= 15 is 0 Å². The van der Waals surface area contributed by atoms with Gasteiger partial charge in [0, 0.05) is 34.8 Å². The molecule has 0 saturated heterocycles. The van der Waals surface area contributed by atoms with Gasteiger partial charge in [-0.05, 0) is 69.7 Å². The molecule has 3 N–H and O–H groups in total. The van der Waals surface area contributed by atoms with Gasteiger partial charge < -0.3 is 15.7 Å². The van der Waals surface area contributed by atoms with Gasteiger partial charge in [-0.3, -0.25) is 24.1 Å². The zero-order valence-electron chi connectivity index (χ0n) is 22.6. The molecule has 2 heterocycles. The van der Waals surface area contributed by atoms with Crippen LogP contribution in [0.2, 0.25) is 0 Å². The van der Waals surface area contributed by atoms with Crippen molar-refractivity contribution in [3.63, 3.8) is 0 Å². The van der Waals surface area contributed by atoms with Crippen molar-refractivity contribution >= 4 is 40.9 Å². The molecule has 3 aromatic carbocycles. The Morgan fingerprint density at radius 2 is 1.77 bits per heavy atom. The van der Waals surface area contributed by atoms with Gasteiger partial charge in [0.2, 0.25) is 5.91 Å². The Morgan fingerprint density at radius 3 is 2.52 bits per heavy atom. The van der Waals surface area contributed by atoms with Gasteiger partial charge in [-0.15, -0.1) is 0 Å². The van der Waals surface area contributed by atoms with Gasteiger partial charge in [0.25, 0.3) is 5.91 Å². The van der Waals surface area contributed by atoms with Gasteiger partial charge in [0.1, 0.15) is 17.4 Å². The number of carbonyl (C=O) groups excluding carboxylic acids is 3. The number of phenols is 1. The summed E-state index contributed by atoms with van der Waals surface area (Å²) in [7, 11) is 0. The summed E-state index contributed by atoms with van der Waals surface area (Å²) in [6.07, 6.45) is 1.52. The maximum absolute atomic E-state index is 13.4. The number of aromatic nitrogens is 2. The van der Waals surface area contributed by atoms with Gasteiger partial charge >= 0.3 is 0 Å². The summed E-state index contributed by atoms with van der Waals surface area (Å²) in [6.45, 7) is 7.75. The highest BCUT2D eigenvalue weighted by Gasteiger charge is 2.30. The van der Waals surface area contributed by atoms with Crippen molar-refractivity contribution in [3.8, 4) is 5.75 Å². The molecule has 2 amide bonds. The Hall–Kier alpha value is -5.05. The van der Waals surface area contributed by atoms with E-state index in [1.165, 1.54) is 12.3 Å². The molecule has 9 nitrogen and oxygen atoms in total. The summed E-state index contributed by atoms with van der Waals surface area (Å²) < 4.78 is 1.69. The summed E-state index contributed by atoms with van der Waals surface area (Å²) in [6, 6.07) is 20.0. The minimum absolute atomic E-state index is 0.0873. The average molecular weight is 536 g/mol. The van der Waals surface area contributed by atoms with Gasteiger partial charge in [0.15, 0.2) is 5.78 Å². The summed E-state index contributed by atoms with van der Waals surface area (Å²) in [5, 5.41) is 19.8. The number of aryl methyl sites for hydroxylation is 1. The Labute approximate surface area is 231 Å². The molecule has 1 aliphatic rings. The zero-order valence-corrected chi connectivity index (χ0v) is 22.6. The highest BCUT2D eigenvalue weighted by Crippen LogP contribution is 2.33. The highest BCUT2D eigenvalue weighted by molar-refractivity contribution is 6.15. The first kappa shape index (κ1) is 26.6. The fourth-order valence-electron chi connectivity index (χ4n) is 4.58. The van der Waals surface area contributed by atoms with Crippen molar-refractivity contribution in [2.75, 3.05) is 10.6 Å². The topological polar surface area (TPSA) is 126 Å². The van der Waals surface area contributed by atoms with E-state index in [0.29, 0.717) is 39.4 Å². The van der Waals surface area contributed by atoms with E-state index in [1.54, 1.807) is 71.4 Å². The van der Waals surface area contributed by atoms with Crippen LogP contribution in [0.5, 0.6) is 5.75 Å². The number of phenolic OH excluding ortho intramolecular Hbond substituents is 1. The summed E-state index contributed by atoms with van der Waals surface area (Å²) in [5.74, 6) is -1.35. The lowest BCUT2D eigenvalue weighted by atomic mass is 9.97. The lowest BCUT2D eigenvalue weighted by Gasteiger charge is -2.22. The van der Waals surface area contributed by atoms with Crippen molar-refractivity contribution in [2.24, 2.45) is 4.99 Å². The average Bonchev–Trinajstić information content (AvgIpc) is 3.46. The minimum atomic E-state index is -0.620. The number of hydrogen-bond acceptors (Lipinski definition) is 6. The Balaban J connectivity index is 1.34. The van der Waals surface area contributed by atoms with Crippen molar-refractivity contribution in [1.82, 2.24) is 9.78 Å². The third-order valence-electron chi connectivity index (χ3n) is 6.48. The molecule has 9 heteroatoms. The molecule has 40 heavy (non-hydrogen) atoms. The number of rotatable bonds is 6. The minimum Gasteiger partial charge on any atom is -0.508 e. The van der Waals surface area contributed by atoms with Crippen LogP contribution in [0.1, 0.15) is 64.4 Å². The second-order valence-electron chi connectivity index (χ2n) is 10.7. The molecule has 1 aromatic heterocycles. The smallest absolute Gasteiger partial charge is 0.273 e. The van der Waals surface area contributed by atoms with E-state index in [-0.39, 0.29) is 28.9 Å². The number of amides is 2. The number of ketones is 1. The Morgan fingerprint density at radius 1 is 1.02 bits per heavy atom. The standard InChI is InChI=1S/C31H29N5O4/c1-18-13-27(36(35-18)31(2,3)4)30(40)33-22-9-5-7-19(14-22)28(38)20-11-12-24-25(29(39)34-26(24)15-20)17-32-21-8-6-10-23(37)16-21/h5-17,25,37H,1-4H3,(H,33,40)(H,34,39). The lowest BCUT2D eigenvalue weighted by Crippen LogP contribution is -2.29. The van der Waals surface area contributed by atoms with E-state index in [9.17, 15) is 19.5 Å². The molecule has 202 valence electrons. The third-order valence-corrected chi connectivity index (χ3v) is 6.48. The quantitative estimate of drug-likeness (QED) is 0.220. The van der Waals surface area contributed by atoms with Crippen LogP contribution in [0.4, 0.5) is 17.1 Å². The number of carbonyl (C=O) groups is 3. The largest absolute Gasteiger partial charge is 0.508 e. The van der Waals surface area contributed by atoms with Gasteiger partial charge in [-0.2, -0.15) is 5.10 Å². The van der Waals surface area contributed by atoms with E-state index in [1.807, 2.05) is 27.7 Å². The molecule has 0 radical (unpaired) electrons. The van der Waals surface area contributed by atoms with Gasteiger partial charge in [0.05, 0.1) is 16.9 Å². The molecule has 1 atom stereocenters. The first-order chi connectivity index (χ1) is 19.0. The summed E-state index contributed by atoms with van der Waals surface area (Å²) in [4.78, 5) is 43.4. The first-order valence-electron chi connectivity index (χ1n) is 12.8. The SMILES string of the molecule is Cc1cc(C(=O)Nc2cccc(C(=O)c3ccc4c(c3)NC(=O)C4C=Nc3cccc(O)c3)c2)n(C(C)(C)C)n1. The number of benzene rings is 3. The van der Waals surface area contributed by atoms with Crippen LogP contribution in [-0.2, 0) is 10.3 Å². The summed E-state index contributed by atoms with van der Waals surface area (Å²) >= 11 is 0. The first-order valence-corrected chi connectivity index (χ1v) is 12.8. The monoisotopic (exact) mass is 535 g/mol. The fourth-order valence-corrected chi connectivity index (χ4v) is 4.58. The number of anilines is 2. The lowest BCUT2D eigenvalue weighted by molar-refractivity contribution is -0.115. The molecule has 0 bridgehead atoms. The normalized spacial score (nSPS) is 14.7. The van der Waals surface area contributed by atoms with Gasteiger partial charge in [-0.1, -0.05) is 30.3 Å². The number of aromatic hydroxyl groups is 1. The van der Waals surface area contributed by atoms with Crippen LogP contribution < -0.4 is 10.6 Å². The molecule has 0 saturated carbocycles. The molecule has 0 fully saturated rings. The molecule has 0 aliphatic carbocycles. The molecule has 0 spiro atoms. The van der Waals surface area contributed by atoms with Crippen molar-refractivity contribution in [3.05, 3.63) is 101 Å². The molecule has 1 unspecified atom stereocenters. The number of nitrogens with one attached hydrogen (secondary N) is 2. The highest BCUT2D eigenvalue weighted by atomic mass is 16.3.